The number of imidazole rings is 1. The highest BCUT2D eigenvalue weighted by atomic mass is 35.5. The quantitative estimate of drug-likeness (QED) is 0.650. The first-order valence-corrected chi connectivity index (χ1v) is 7.28. The molecule has 0 aliphatic heterocycles. The molecule has 0 N–H and O–H groups in total. The number of alkyl halides is 1. The van der Waals surface area contributed by atoms with Crippen molar-refractivity contribution < 1.29 is 0 Å². The van der Waals surface area contributed by atoms with Crippen molar-refractivity contribution in [2.45, 2.75) is 26.3 Å². The molecule has 0 radical (unpaired) electrons. The minimum atomic E-state index is 0.430. The summed E-state index contributed by atoms with van der Waals surface area (Å²) in [6, 6.07) is 14.8. The lowest BCUT2D eigenvalue weighted by atomic mass is 10.1. The fraction of sp³-hybridized carbons (Fsp3) is 0.235. The van der Waals surface area contributed by atoms with Crippen LogP contribution in [0.1, 0.15) is 22.5 Å². The molecule has 20 heavy (non-hydrogen) atoms. The summed E-state index contributed by atoms with van der Waals surface area (Å²) < 4.78 is 2.21. The van der Waals surface area contributed by atoms with Crippen LogP contribution in [0.15, 0.2) is 42.5 Å². The van der Waals surface area contributed by atoms with Crippen LogP contribution in [0.25, 0.3) is 11.0 Å². The van der Waals surface area contributed by atoms with E-state index in [-0.39, 0.29) is 0 Å². The second-order valence-corrected chi connectivity index (χ2v) is 5.43. The van der Waals surface area contributed by atoms with Gasteiger partial charge in [0.25, 0.3) is 0 Å². The Morgan fingerprint density at radius 3 is 2.45 bits per heavy atom. The summed E-state index contributed by atoms with van der Waals surface area (Å²) in [5, 5.41) is 0. The minimum Gasteiger partial charge on any atom is -0.322 e. The van der Waals surface area contributed by atoms with E-state index in [9.17, 15) is 0 Å². The van der Waals surface area contributed by atoms with Crippen molar-refractivity contribution in [1.82, 2.24) is 9.55 Å². The lowest BCUT2D eigenvalue weighted by Gasteiger charge is -2.09. The number of halogens is 1. The fourth-order valence-corrected chi connectivity index (χ4v) is 2.68. The van der Waals surface area contributed by atoms with Gasteiger partial charge in [0.2, 0.25) is 0 Å². The number of fused-ring (bicyclic) bond motifs is 1. The molecule has 0 saturated carbocycles. The molecule has 0 saturated heterocycles. The molecule has 0 atom stereocenters. The first-order valence-electron chi connectivity index (χ1n) is 6.75. The normalized spacial score (nSPS) is 11.2. The first-order chi connectivity index (χ1) is 9.69. The third-order valence-corrected chi connectivity index (χ3v) is 3.98. The Labute approximate surface area is 124 Å². The summed E-state index contributed by atoms with van der Waals surface area (Å²) in [5.74, 6) is 1.36. The SMILES string of the molecule is Cc1cc2nc(CCl)n(Cc3ccccc3)c2cc1C. The third-order valence-electron chi connectivity index (χ3n) is 3.75. The van der Waals surface area contributed by atoms with Crippen LogP contribution in [-0.4, -0.2) is 9.55 Å². The zero-order chi connectivity index (χ0) is 14.1. The molecule has 102 valence electrons. The number of hydrogen-bond donors (Lipinski definition) is 0. The van der Waals surface area contributed by atoms with E-state index in [1.54, 1.807) is 0 Å². The Kier molecular flexibility index (Phi) is 3.49. The topological polar surface area (TPSA) is 17.8 Å². The number of aromatic nitrogens is 2. The van der Waals surface area contributed by atoms with Crippen LogP contribution in [0.5, 0.6) is 0 Å². The van der Waals surface area contributed by atoms with Crippen LogP contribution in [0.3, 0.4) is 0 Å². The maximum absolute atomic E-state index is 6.07. The van der Waals surface area contributed by atoms with Crippen LogP contribution < -0.4 is 0 Å². The second-order valence-electron chi connectivity index (χ2n) is 5.16. The molecule has 0 spiro atoms. The zero-order valence-electron chi connectivity index (χ0n) is 11.7. The van der Waals surface area contributed by atoms with Crippen molar-refractivity contribution >= 4 is 22.6 Å². The van der Waals surface area contributed by atoms with E-state index >= 15 is 0 Å². The van der Waals surface area contributed by atoms with Crippen LogP contribution in [0.2, 0.25) is 0 Å². The number of aryl methyl sites for hydroxylation is 2. The maximum Gasteiger partial charge on any atom is 0.125 e. The lowest BCUT2D eigenvalue weighted by Crippen LogP contribution is -2.03. The lowest BCUT2D eigenvalue weighted by molar-refractivity contribution is 0.778. The van der Waals surface area contributed by atoms with E-state index in [1.165, 1.54) is 16.7 Å². The van der Waals surface area contributed by atoms with Gasteiger partial charge < -0.3 is 4.57 Å². The van der Waals surface area contributed by atoms with Crippen molar-refractivity contribution in [3.05, 3.63) is 65.0 Å². The Balaban J connectivity index is 2.15. The van der Waals surface area contributed by atoms with Gasteiger partial charge in [-0.05, 0) is 42.7 Å². The predicted octanol–water partition coefficient (Wildman–Crippen LogP) is 4.44. The van der Waals surface area contributed by atoms with Crippen LogP contribution in [0.4, 0.5) is 0 Å². The van der Waals surface area contributed by atoms with E-state index in [1.807, 2.05) is 6.07 Å². The highest BCUT2D eigenvalue weighted by Gasteiger charge is 2.11. The van der Waals surface area contributed by atoms with E-state index in [2.05, 4.69) is 59.8 Å². The zero-order valence-corrected chi connectivity index (χ0v) is 12.5. The standard InChI is InChI=1S/C17H17ClN2/c1-12-8-15-16(9-13(12)2)20(17(10-18)19-15)11-14-6-4-3-5-7-14/h3-9H,10-11H2,1-2H3. The van der Waals surface area contributed by atoms with Gasteiger partial charge in [0, 0.05) is 6.54 Å². The molecule has 1 heterocycles. The molecule has 0 bridgehead atoms. The van der Waals surface area contributed by atoms with Crippen molar-refractivity contribution in [1.29, 1.82) is 0 Å². The molecule has 3 rings (SSSR count). The summed E-state index contributed by atoms with van der Waals surface area (Å²) in [4.78, 5) is 4.66. The van der Waals surface area contributed by atoms with E-state index < -0.39 is 0 Å². The van der Waals surface area contributed by atoms with E-state index in [4.69, 9.17) is 11.6 Å². The van der Waals surface area contributed by atoms with E-state index in [0.29, 0.717) is 5.88 Å². The molecule has 1 aromatic heterocycles. The molecule has 0 fully saturated rings. The number of nitrogens with zero attached hydrogens (tertiary/aromatic N) is 2. The molecule has 0 aliphatic carbocycles. The van der Waals surface area contributed by atoms with Gasteiger partial charge in [-0.25, -0.2) is 4.98 Å². The highest BCUT2D eigenvalue weighted by molar-refractivity contribution is 6.16. The third kappa shape index (κ3) is 2.32. The smallest absolute Gasteiger partial charge is 0.125 e. The highest BCUT2D eigenvalue weighted by Crippen LogP contribution is 2.22. The van der Waals surface area contributed by atoms with Gasteiger partial charge in [-0.15, -0.1) is 11.6 Å². The first kappa shape index (κ1) is 13.2. The van der Waals surface area contributed by atoms with Crippen LogP contribution >= 0.6 is 11.6 Å². The fourth-order valence-electron chi connectivity index (χ4n) is 2.47. The molecule has 0 unspecified atom stereocenters. The molecule has 0 amide bonds. The Hall–Kier alpha value is -1.80. The van der Waals surface area contributed by atoms with Gasteiger partial charge >= 0.3 is 0 Å². The maximum atomic E-state index is 6.07. The van der Waals surface area contributed by atoms with Gasteiger partial charge in [0.05, 0.1) is 16.9 Å². The molecular formula is C17H17ClN2. The van der Waals surface area contributed by atoms with Crippen molar-refractivity contribution in [3.8, 4) is 0 Å². The molecule has 0 aliphatic rings. The number of hydrogen-bond acceptors (Lipinski definition) is 1. The Morgan fingerprint density at radius 1 is 1.05 bits per heavy atom. The van der Waals surface area contributed by atoms with Gasteiger partial charge in [-0.2, -0.15) is 0 Å². The minimum absolute atomic E-state index is 0.430. The summed E-state index contributed by atoms with van der Waals surface area (Å²) in [6.07, 6.45) is 0. The van der Waals surface area contributed by atoms with Crippen molar-refractivity contribution in [2.75, 3.05) is 0 Å². The summed E-state index contributed by atoms with van der Waals surface area (Å²) in [5.41, 5.74) is 6.00. The predicted molar refractivity (Wildman–Crippen MR) is 84.3 cm³/mol. The molecule has 3 aromatic rings. The average molecular weight is 285 g/mol. The summed E-state index contributed by atoms with van der Waals surface area (Å²) in [6.45, 7) is 5.06. The van der Waals surface area contributed by atoms with Crippen LogP contribution in [0, 0.1) is 13.8 Å². The molecule has 2 aromatic carbocycles. The van der Waals surface area contributed by atoms with Gasteiger partial charge in [-0.3, -0.25) is 0 Å². The monoisotopic (exact) mass is 284 g/mol. The average Bonchev–Trinajstić information content (AvgIpc) is 2.78. The summed E-state index contributed by atoms with van der Waals surface area (Å²) >= 11 is 6.07. The molecule has 3 heteroatoms. The van der Waals surface area contributed by atoms with Gasteiger partial charge in [0.15, 0.2) is 0 Å². The van der Waals surface area contributed by atoms with Gasteiger partial charge in [0.1, 0.15) is 5.82 Å². The summed E-state index contributed by atoms with van der Waals surface area (Å²) in [7, 11) is 0. The second kappa shape index (κ2) is 5.29. The Bertz CT molecular complexity index is 745. The van der Waals surface area contributed by atoms with E-state index in [0.717, 1.165) is 23.4 Å². The van der Waals surface area contributed by atoms with Gasteiger partial charge in [-0.1, -0.05) is 30.3 Å². The van der Waals surface area contributed by atoms with Crippen molar-refractivity contribution in [3.63, 3.8) is 0 Å². The Morgan fingerprint density at radius 2 is 1.75 bits per heavy atom. The van der Waals surface area contributed by atoms with Crippen molar-refractivity contribution in [2.24, 2.45) is 0 Å². The molecule has 2 nitrogen and oxygen atoms in total. The largest absolute Gasteiger partial charge is 0.322 e. The molecular weight excluding hydrogens is 268 g/mol. The van der Waals surface area contributed by atoms with Crippen LogP contribution in [-0.2, 0) is 12.4 Å². The number of rotatable bonds is 3. The number of benzene rings is 2.